The van der Waals surface area contributed by atoms with E-state index in [2.05, 4.69) is 10.2 Å². The summed E-state index contributed by atoms with van der Waals surface area (Å²) >= 11 is 0. The molecule has 0 aromatic rings. The third-order valence-corrected chi connectivity index (χ3v) is 3.20. The lowest BCUT2D eigenvalue weighted by Crippen LogP contribution is -2.41. The van der Waals surface area contributed by atoms with Crippen molar-refractivity contribution in [2.75, 3.05) is 32.8 Å². The van der Waals surface area contributed by atoms with Crippen molar-refractivity contribution in [3.05, 3.63) is 0 Å². The van der Waals surface area contributed by atoms with Crippen LogP contribution in [0.2, 0.25) is 0 Å². The molecule has 2 aliphatic rings. The summed E-state index contributed by atoms with van der Waals surface area (Å²) in [7, 11) is 0. The maximum atomic E-state index is 9.32. The maximum absolute atomic E-state index is 9.32. The highest BCUT2D eigenvalue weighted by atomic mass is 16.3. The molecule has 1 saturated heterocycles. The van der Waals surface area contributed by atoms with Gasteiger partial charge in [-0.05, 0) is 38.3 Å². The minimum Gasteiger partial charge on any atom is -0.395 e. The van der Waals surface area contributed by atoms with Crippen molar-refractivity contribution in [3.63, 3.8) is 0 Å². The van der Waals surface area contributed by atoms with E-state index >= 15 is 0 Å². The van der Waals surface area contributed by atoms with Crippen LogP contribution in [-0.2, 0) is 0 Å². The number of nitrogens with zero attached hydrogens (tertiary/aromatic N) is 1. The molecular weight excluding hydrogens is 164 g/mol. The van der Waals surface area contributed by atoms with E-state index in [9.17, 15) is 5.11 Å². The quantitative estimate of drug-likeness (QED) is 0.651. The highest BCUT2D eigenvalue weighted by molar-refractivity contribution is 4.88. The highest BCUT2D eigenvalue weighted by Crippen LogP contribution is 2.35. The summed E-state index contributed by atoms with van der Waals surface area (Å²) in [5.74, 6) is 0.795. The Labute approximate surface area is 80.1 Å². The first-order valence-corrected chi connectivity index (χ1v) is 5.47. The lowest BCUT2D eigenvalue weighted by atomic mass is 10.1. The van der Waals surface area contributed by atoms with E-state index in [-0.39, 0.29) is 0 Å². The van der Waals surface area contributed by atoms with E-state index < -0.39 is 0 Å². The Hall–Kier alpha value is -0.120. The Morgan fingerprint density at radius 3 is 2.85 bits per heavy atom. The van der Waals surface area contributed by atoms with Crippen LogP contribution in [0.15, 0.2) is 0 Å². The van der Waals surface area contributed by atoms with E-state index in [4.69, 9.17) is 0 Å². The number of hydrogen-bond acceptors (Lipinski definition) is 3. The summed E-state index contributed by atoms with van der Waals surface area (Å²) < 4.78 is 0. The first-order chi connectivity index (χ1) is 6.42. The Morgan fingerprint density at radius 1 is 1.31 bits per heavy atom. The molecule has 0 aromatic carbocycles. The molecule has 1 atom stereocenters. The summed E-state index contributed by atoms with van der Waals surface area (Å²) in [6.07, 6.45) is 3.88. The Morgan fingerprint density at radius 2 is 2.15 bits per heavy atom. The second-order valence-electron chi connectivity index (χ2n) is 4.23. The van der Waals surface area contributed by atoms with Gasteiger partial charge in [0.1, 0.15) is 0 Å². The summed E-state index contributed by atoms with van der Waals surface area (Å²) in [5, 5.41) is 12.7. The van der Waals surface area contributed by atoms with Crippen molar-refractivity contribution < 1.29 is 5.11 Å². The first kappa shape index (κ1) is 9.44. The van der Waals surface area contributed by atoms with Gasteiger partial charge in [0.15, 0.2) is 0 Å². The molecule has 1 aliphatic heterocycles. The van der Waals surface area contributed by atoms with Crippen LogP contribution in [0.5, 0.6) is 0 Å². The van der Waals surface area contributed by atoms with Gasteiger partial charge in [0.2, 0.25) is 0 Å². The van der Waals surface area contributed by atoms with Gasteiger partial charge in [-0.25, -0.2) is 0 Å². The number of rotatable bonds is 3. The Bertz CT molecular complexity index is 151. The molecule has 0 amide bonds. The molecular formula is C10H20N2O. The van der Waals surface area contributed by atoms with Crippen molar-refractivity contribution in [1.82, 2.24) is 10.2 Å². The fourth-order valence-electron chi connectivity index (χ4n) is 2.24. The van der Waals surface area contributed by atoms with Crippen molar-refractivity contribution >= 4 is 0 Å². The van der Waals surface area contributed by atoms with Crippen LogP contribution < -0.4 is 5.32 Å². The molecule has 0 aromatic heterocycles. The minimum absolute atomic E-state index is 0.352. The largest absolute Gasteiger partial charge is 0.395 e. The van der Waals surface area contributed by atoms with E-state index in [1.807, 2.05) is 0 Å². The van der Waals surface area contributed by atoms with Gasteiger partial charge in [0.25, 0.3) is 0 Å². The SMILES string of the molecule is OCC(C1CC1)N1CCCNCC1. The molecule has 0 bridgehead atoms. The van der Waals surface area contributed by atoms with Crippen LogP contribution in [0.4, 0.5) is 0 Å². The molecule has 0 radical (unpaired) electrons. The number of nitrogens with one attached hydrogen (secondary N) is 1. The van der Waals surface area contributed by atoms with Gasteiger partial charge in [-0.15, -0.1) is 0 Å². The summed E-state index contributed by atoms with van der Waals surface area (Å²) in [4.78, 5) is 2.47. The molecule has 1 heterocycles. The lowest BCUT2D eigenvalue weighted by molar-refractivity contribution is 0.113. The molecule has 3 heteroatoms. The minimum atomic E-state index is 0.352. The lowest BCUT2D eigenvalue weighted by Gasteiger charge is -2.28. The third-order valence-electron chi connectivity index (χ3n) is 3.20. The zero-order chi connectivity index (χ0) is 9.10. The number of hydrogen-bond donors (Lipinski definition) is 2. The van der Waals surface area contributed by atoms with Gasteiger partial charge in [-0.3, -0.25) is 4.90 Å². The second-order valence-corrected chi connectivity index (χ2v) is 4.23. The van der Waals surface area contributed by atoms with Crippen molar-refractivity contribution in [2.45, 2.75) is 25.3 Å². The highest BCUT2D eigenvalue weighted by Gasteiger charge is 2.34. The number of aliphatic hydroxyl groups excluding tert-OH is 1. The molecule has 2 N–H and O–H groups in total. The van der Waals surface area contributed by atoms with Gasteiger partial charge >= 0.3 is 0 Å². The van der Waals surface area contributed by atoms with Crippen LogP contribution >= 0.6 is 0 Å². The molecule has 1 unspecified atom stereocenters. The zero-order valence-electron chi connectivity index (χ0n) is 8.21. The molecule has 2 fully saturated rings. The van der Waals surface area contributed by atoms with E-state index in [1.54, 1.807) is 0 Å². The predicted octanol–water partition coefficient (Wildman–Crippen LogP) is 0.0526. The zero-order valence-corrected chi connectivity index (χ0v) is 8.21. The van der Waals surface area contributed by atoms with Gasteiger partial charge in [-0.2, -0.15) is 0 Å². The smallest absolute Gasteiger partial charge is 0.0589 e. The second kappa shape index (κ2) is 4.40. The summed E-state index contributed by atoms with van der Waals surface area (Å²) in [6, 6.07) is 0.458. The average molecular weight is 184 g/mol. The average Bonchev–Trinajstić information content (AvgIpc) is 2.92. The van der Waals surface area contributed by atoms with Crippen LogP contribution in [0.1, 0.15) is 19.3 Å². The fraction of sp³-hybridized carbons (Fsp3) is 1.00. The molecule has 3 nitrogen and oxygen atoms in total. The topological polar surface area (TPSA) is 35.5 Å². The monoisotopic (exact) mass is 184 g/mol. The normalized spacial score (nSPS) is 28.4. The van der Waals surface area contributed by atoms with Gasteiger partial charge in [0, 0.05) is 19.1 Å². The predicted molar refractivity (Wildman–Crippen MR) is 52.7 cm³/mol. The maximum Gasteiger partial charge on any atom is 0.0589 e. The summed E-state index contributed by atoms with van der Waals surface area (Å²) in [5.41, 5.74) is 0. The first-order valence-electron chi connectivity index (χ1n) is 5.47. The van der Waals surface area contributed by atoms with Gasteiger partial charge in [-0.1, -0.05) is 0 Å². The van der Waals surface area contributed by atoms with Crippen LogP contribution in [-0.4, -0.2) is 48.8 Å². The van der Waals surface area contributed by atoms with Crippen molar-refractivity contribution in [1.29, 1.82) is 0 Å². The van der Waals surface area contributed by atoms with Crippen LogP contribution in [0, 0.1) is 5.92 Å². The third kappa shape index (κ3) is 2.42. The van der Waals surface area contributed by atoms with Gasteiger partial charge in [0.05, 0.1) is 6.61 Å². The van der Waals surface area contributed by atoms with E-state index in [0.29, 0.717) is 12.6 Å². The van der Waals surface area contributed by atoms with Crippen molar-refractivity contribution in [2.24, 2.45) is 5.92 Å². The van der Waals surface area contributed by atoms with Crippen LogP contribution in [0.3, 0.4) is 0 Å². The fourth-order valence-corrected chi connectivity index (χ4v) is 2.24. The Kier molecular flexibility index (Phi) is 3.19. The molecule has 76 valence electrons. The molecule has 1 aliphatic carbocycles. The van der Waals surface area contributed by atoms with Crippen molar-refractivity contribution in [3.8, 4) is 0 Å². The molecule has 1 saturated carbocycles. The Balaban J connectivity index is 1.87. The number of aliphatic hydroxyl groups is 1. The van der Waals surface area contributed by atoms with Crippen LogP contribution in [0.25, 0.3) is 0 Å². The standard InChI is InChI=1S/C10H20N2O/c13-8-10(9-2-3-9)12-6-1-4-11-5-7-12/h9-11,13H,1-8H2. The van der Waals surface area contributed by atoms with E-state index in [1.165, 1.54) is 19.3 Å². The molecule has 0 spiro atoms. The molecule has 13 heavy (non-hydrogen) atoms. The van der Waals surface area contributed by atoms with Gasteiger partial charge < -0.3 is 10.4 Å². The van der Waals surface area contributed by atoms with E-state index in [0.717, 1.165) is 32.1 Å². The molecule has 2 rings (SSSR count). The summed E-state index contributed by atoms with van der Waals surface area (Å²) in [6.45, 7) is 4.85.